The molecule has 7 heteroatoms. The van der Waals surface area contributed by atoms with Crippen LogP contribution in [0.5, 0.6) is 0 Å². The van der Waals surface area contributed by atoms with Crippen molar-refractivity contribution >= 4 is 5.96 Å². The first kappa shape index (κ1) is 20.9. The van der Waals surface area contributed by atoms with Crippen LogP contribution in [0, 0.1) is 0 Å². The number of benzene rings is 1. The monoisotopic (exact) mass is 411 g/mol. The van der Waals surface area contributed by atoms with E-state index in [1.165, 1.54) is 5.56 Å². The lowest BCUT2D eigenvalue weighted by molar-refractivity contribution is -0.00816. The van der Waals surface area contributed by atoms with E-state index in [4.69, 9.17) is 14.5 Å². The number of ether oxygens (including phenoxy) is 2. The average molecular weight is 412 g/mol. The van der Waals surface area contributed by atoms with E-state index in [0.29, 0.717) is 6.61 Å². The largest absolute Gasteiger partial charge is 0.381 e. The molecular weight excluding hydrogens is 378 g/mol. The Kier molecular flexibility index (Phi) is 6.69. The van der Waals surface area contributed by atoms with Gasteiger partial charge in [-0.2, -0.15) is 5.10 Å². The molecule has 2 aliphatic heterocycles. The smallest absolute Gasteiger partial charge is 0.194 e. The predicted octanol–water partition coefficient (Wildman–Crippen LogP) is 2.51. The number of guanidine groups is 1. The first-order valence-electron chi connectivity index (χ1n) is 11.0. The van der Waals surface area contributed by atoms with Crippen molar-refractivity contribution in [3.8, 4) is 0 Å². The minimum atomic E-state index is 0.0162. The van der Waals surface area contributed by atoms with E-state index in [2.05, 4.69) is 52.6 Å². The maximum absolute atomic E-state index is 6.03. The Hall–Kier alpha value is -2.38. The van der Waals surface area contributed by atoms with Crippen molar-refractivity contribution in [2.45, 2.75) is 31.3 Å². The Balaban J connectivity index is 1.53. The zero-order valence-electron chi connectivity index (χ0n) is 18.1. The number of aryl methyl sites for hydroxylation is 1. The highest BCUT2D eigenvalue weighted by molar-refractivity contribution is 5.80. The summed E-state index contributed by atoms with van der Waals surface area (Å²) in [4.78, 5) is 7.46. The molecule has 0 saturated carbocycles. The summed E-state index contributed by atoms with van der Waals surface area (Å²) >= 11 is 0. The van der Waals surface area contributed by atoms with Gasteiger partial charge >= 0.3 is 0 Å². The molecule has 1 N–H and O–H groups in total. The quantitative estimate of drug-likeness (QED) is 0.605. The van der Waals surface area contributed by atoms with Crippen molar-refractivity contribution in [2.75, 3.05) is 46.0 Å². The van der Waals surface area contributed by atoms with Crippen molar-refractivity contribution in [1.29, 1.82) is 0 Å². The Bertz CT molecular complexity index is 829. The van der Waals surface area contributed by atoms with E-state index < -0.39 is 0 Å². The summed E-state index contributed by atoms with van der Waals surface area (Å²) in [6.07, 6.45) is 5.94. The second kappa shape index (κ2) is 9.62. The van der Waals surface area contributed by atoms with Crippen LogP contribution in [0.4, 0.5) is 0 Å². The van der Waals surface area contributed by atoms with Gasteiger partial charge in [0, 0.05) is 50.5 Å². The molecule has 2 aromatic rings. The molecule has 3 heterocycles. The summed E-state index contributed by atoms with van der Waals surface area (Å²) in [5.41, 5.74) is 2.52. The molecule has 30 heavy (non-hydrogen) atoms. The predicted molar refractivity (Wildman–Crippen MR) is 118 cm³/mol. The van der Waals surface area contributed by atoms with Crippen molar-refractivity contribution in [1.82, 2.24) is 20.0 Å². The van der Waals surface area contributed by atoms with Crippen molar-refractivity contribution in [3.63, 3.8) is 0 Å². The summed E-state index contributed by atoms with van der Waals surface area (Å²) < 4.78 is 13.5. The van der Waals surface area contributed by atoms with E-state index in [0.717, 1.165) is 63.8 Å². The molecule has 2 aliphatic rings. The molecule has 4 rings (SSSR count). The normalized spacial score (nSPS) is 22.1. The van der Waals surface area contributed by atoms with Gasteiger partial charge in [-0.1, -0.05) is 30.3 Å². The minimum absolute atomic E-state index is 0.0162. The van der Waals surface area contributed by atoms with Crippen LogP contribution in [0.25, 0.3) is 0 Å². The summed E-state index contributed by atoms with van der Waals surface area (Å²) in [6, 6.07) is 10.8. The van der Waals surface area contributed by atoms with E-state index in [9.17, 15) is 0 Å². The van der Waals surface area contributed by atoms with Crippen LogP contribution in [0.3, 0.4) is 0 Å². The third-order valence-corrected chi connectivity index (χ3v) is 6.17. The molecule has 1 unspecified atom stereocenters. The molecule has 0 amide bonds. The van der Waals surface area contributed by atoms with Gasteiger partial charge in [-0.05, 0) is 25.3 Å². The van der Waals surface area contributed by atoms with Gasteiger partial charge in [0.15, 0.2) is 5.96 Å². The van der Waals surface area contributed by atoms with Gasteiger partial charge in [0.05, 0.1) is 25.9 Å². The Labute approximate surface area is 179 Å². The fourth-order valence-electron chi connectivity index (χ4n) is 4.39. The van der Waals surface area contributed by atoms with Gasteiger partial charge in [0.25, 0.3) is 0 Å². The number of rotatable bonds is 5. The van der Waals surface area contributed by atoms with Crippen LogP contribution in [-0.4, -0.2) is 66.6 Å². The molecule has 1 atom stereocenters. The van der Waals surface area contributed by atoms with Gasteiger partial charge < -0.3 is 19.7 Å². The number of hydrogen-bond donors (Lipinski definition) is 1. The fourth-order valence-corrected chi connectivity index (χ4v) is 4.39. The maximum Gasteiger partial charge on any atom is 0.194 e. The standard InChI is InChI=1S/C23H33N5O2/c1-3-24-22(28-11-14-30-21(17-28)19-15-26-27(2)16-19)25-18-23(9-12-29-13-10-23)20-7-5-4-6-8-20/h4-8,15-16,21H,3,9-14,17-18H2,1-2H3,(H,24,25). The van der Waals surface area contributed by atoms with Crippen molar-refractivity contribution in [2.24, 2.45) is 12.0 Å². The topological polar surface area (TPSA) is 63.9 Å². The SMILES string of the molecule is CCNC(=NCC1(c2ccccc2)CCOCC1)N1CCOC(c2cnn(C)c2)C1. The highest BCUT2D eigenvalue weighted by Crippen LogP contribution is 2.35. The molecule has 1 aromatic heterocycles. The third kappa shape index (κ3) is 4.68. The summed E-state index contributed by atoms with van der Waals surface area (Å²) in [6.45, 7) is 7.61. The summed E-state index contributed by atoms with van der Waals surface area (Å²) in [5, 5.41) is 7.80. The van der Waals surface area contributed by atoms with Gasteiger partial charge in [-0.25, -0.2) is 0 Å². The van der Waals surface area contributed by atoms with Crippen molar-refractivity contribution in [3.05, 3.63) is 53.9 Å². The first-order chi connectivity index (χ1) is 14.7. The van der Waals surface area contributed by atoms with Gasteiger partial charge in [0.2, 0.25) is 0 Å². The molecule has 7 nitrogen and oxygen atoms in total. The number of nitrogens with zero attached hydrogens (tertiary/aromatic N) is 4. The van der Waals surface area contributed by atoms with Crippen LogP contribution >= 0.6 is 0 Å². The lowest BCUT2D eigenvalue weighted by Crippen LogP contribution is -2.49. The number of nitrogens with one attached hydrogen (secondary N) is 1. The Morgan fingerprint density at radius 1 is 1.23 bits per heavy atom. The zero-order chi connectivity index (χ0) is 20.8. The molecule has 162 valence electrons. The molecule has 0 radical (unpaired) electrons. The van der Waals surface area contributed by atoms with Crippen LogP contribution in [0.1, 0.15) is 37.0 Å². The van der Waals surface area contributed by atoms with Gasteiger partial charge in [-0.3, -0.25) is 9.67 Å². The molecule has 2 fully saturated rings. The number of aliphatic imine (C=N–C) groups is 1. The molecule has 2 saturated heterocycles. The minimum Gasteiger partial charge on any atom is -0.381 e. The highest BCUT2D eigenvalue weighted by Gasteiger charge is 2.35. The Morgan fingerprint density at radius 3 is 2.73 bits per heavy atom. The molecule has 0 aliphatic carbocycles. The van der Waals surface area contributed by atoms with E-state index >= 15 is 0 Å². The fraction of sp³-hybridized carbons (Fsp3) is 0.565. The van der Waals surface area contributed by atoms with Crippen LogP contribution in [-0.2, 0) is 21.9 Å². The number of morpholine rings is 1. The van der Waals surface area contributed by atoms with Crippen LogP contribution in [0.15, 0.2) is 47.7 Å². The molecular formula is C23H33N5O2. The van der Waals surface area contributed by atoms with Crippen molar-refractivity contribution < 1.29 is 9.47 Å². The average Bonchev–Trinajstić information content (AvgIpc) is 3.24. The van der Waals surface area contributed by atoms with E-state index in [1.54, 1.807) is 0 Å². The molecule has 0 bridgehead atoms. The second-order valence-electron chi connectivity index (χ2n) is 8.18. The maximum atomic E-state index is 6.03. The summed E-state index contributed by atoms with van der Waals surface area (Å²) in [7, 11) is 1.94. The first-order valence-corrected chi connectivity index (χ1v) is 11.0. The number of aromatic nitrogens is 2. The van der Waals surface area contributed by atoms with E-state index in [1.807, 2.05) is 24.1 Å². The second-order valence-corrected chi connectivity index (χ2v) is 8.18. The number of hydrogen-bond acceptors (Lipinski definition) is 4. The van der Waals surface area contributed by atoms with Gasteiger partial charge in [0.1, 0.15) is 6.10 Å². The van der Waals surface area contributed by atoms with Gasteiger partial charge in [-0.15, -0.1) is 0 Å². The molecule has 1 aromatic carbocycles. The third-order valence-electron chi connectivity index (χ3n) is 6.17. The highest BCUT2D eigenvalue weighted by atomic mass is 16.5. The van der Waals surface area contributed by atoms with Crippen LogP contribution < -0.4 is 5.32 Å². The lowest BCUT2D eigenvalue weighted by Gasteiger charge is -2.38. The Morgan fingerprint density at radius 2 is 2.03 bits per heavy atom. The molecule has 0 spiro atoms. The summed E-state index contributed by atoms with van der Waals surface area (Å²) in [5.74, 6) is 0.969. The van der Waals surface area contributed by atoms with E-state index in [-0.39, 0.29) is 11.5 Å². The zero-order valence-corrected chi connectivity index (χ0v) is 18.1. The lowest BCUT2D eigenvalue weighted by atomic mass is 9.74. The van der Waals surface area contributed by atoms with Crippen LogP contribution in [0.2, 0.25) is 0 Å².